The van der Waals surface area contributed by atoms with Gasteiger partial charge in [0.15, 0.2) is 12.6 Å². The average Bonchev–Trinajstić information content (AvgIpc) is 3.09. The molecule has 10 atom stereocenters. The lowest BCUT2D eigenvalue weighted by Gasteiger charge is -2.46. The van der Waals surface area contributed by atoms with E-state index in [2.05, 4.69) is 0 Å². The van der Waals surface area contributed by atoms with E-state index in [0.29, 0.717) is 11.8 Å². The van der Waals surface area contributed by atoms with Crippen molar-refractivity contribution in [2.45, 2.75) is 67.6 Å². The number of hydrogen-bond donors (Lipinski definition) is 7. The summed E-state index contributed by atoms with van der Waals surface area (Å²) in [4.78, 5) is 24.3. The van der Waals surface area contributed by atoms with Gasteiger partial charge < -0.3 is 54.7 Å². The number of ether oxygens (including phenoxy) is 4. The quantitative estimate of drug-likeness (QED) is 0.115. The highest BCUT2D eigenvalue weighted by Gasteiger charge is 2.68. The zero-order chi connectivity index (χ0) is 27.8. The van der Waals surface area contributed by atoms with E-state index in [-0.39, 0.29) is 11.3 Å². The lowest BCUT2D eigenvalue weighted by molar-refractivity contribution is -0.352. The minimum Gasteiger partial charge on any atom is -0.508 e. The molecule has 0 spiro atoms. The van der Waals surface area contributed by atoms with Crippen LogP contribution < -0.4 is 0 Å². The Bertz CT molecular complexity index is 1080. The van der Waals surface area contributed by atoms with Crippen LogP contribution in [0.1, 0.15) is 18.9 Å². The molecule has 1 saturated carbocycles. The van der Waals surface area contributed by atoms with Crippen molar-refractivity contribution in [1.82, 2.24) is 0 Å². The fraction of sp³-hybridized carbons (Fsp3) is 0.520. The number of carbonyl (C=O) groups is 2. The molecule has 1 aliphatic carbocycles. The van der Waals surface area contributed by atoms with Crippen LogP contribution in [0.2, 0.25) is 0 Å². The van der Waals surface area contributed by atoms with Crippen LogP contribution in [-0.4, -0.2) is 109 Å². The molecule has 0 aromatic heterocycles. The molecule has 13 heteroatoms. The van der Waals surface area contributed by atoms with E-state index in [1.165, 1.54) is 25.1 Å². The minimum atomic E-state index is -2.09. The fourth-order valence-electron chi connectivity index (χ4n) is 5.06. The molecule has 208 valence electrons. The maximum absolute atomic E-state index is 12.5. The Balaban J connectivity index is 1.55. The SMILES string of the molecule is C[C@]1(O)[C@@H](OC(=O)/C=C/c2ccc(O)cc2)C[C@]2(O)C(C=O)=CO[C@@H](O[C@@H]3O[C@@H](CO)[C@H](O)[C@@H](O)[C@@H]3O)[C@H]12. The minimum absolute atomic E-state index is 0.0457. The number of carbonyl (C=O) groups excluding carboxylic acids is 2. The Hall–Kier alpha value is -2.88. The summed E-state index contributed by atoms with van der Waals surface area (Å²) in [6, 6.07) is 5.97. The lowest BCUT2D eigenvalue weighted by atomic mass is 9.78. The molecule has 4 rings (SSSR count). The van der Waals surface area contributed by atoms with Crippen molar-refractivity contribution in [2.24, 2.45) is 5.92 Å². The number of fused-ring (bicyclic) bond motifs is 1. The number of aliphatic hydroxyl groups is 6. The van der Waals surface area contributed by atoms with Crippen molar-refractivity contribution >= 4 is 18.3 Å². The Kier molecular flexibility index (Phi) is 7.93. The van der Waals surface area contributed by atoms with E-state index in [4.69, 9.17) is 18.9 Å². The normalized spacial score (nSPS) is 40.8. The zero-order valence-electron chi connectivity index (χ0n) is 20.2. The number of benzene rings is 1. The summed E-state index contributed by atoms with van der Waals surface area (Å²) in [5.41, 5.74) is -3.81. The van der Waals surface area contributed by atoms with Crippen LogP contribution in [0.3, 0.4) is 0 Å². The summed E-state index contributed by atoms with van der Waals surface area (Å²) in [5.74, 6) is -2.27. The van der Waals surface area contributed by atoms with Gasteiger partial charge in [-0.15, -0.1) is 0 Å². The Morgan fingerprint density at radius 2 is 1.79 bits per heavy atom. The summed E-state index contributed by atoms with van der Waals surface area (Å²) in [5, 5.41) is 72.1. The molecule has 0 amide bonds. The molecule has 2 aliphatic heterocycles. The predicted octanol–water partition coefficient (Wildman–Crippen LogP) is -1.93. The number of phenolic OH excluding ortho intramolecular Hbond substituents is 1. The molecule has 1 aromatic rings. The van der Waals surface area contributed by atoms with Gasteiger partial charge in [-0.2, -0.15) is 0 Å². The molecular weight excluding hydrogens is 508 g/mol. The molecule has 1 aromatic carbocycles. The lowest BCUT2D eigenvalue weighted by Crippen LogP contribution is -2.62. The van der Waals surface area contributed by atoms with E-state index < -0.39 is 79.2 Å². The number of aromatic hydroxyl groups is 1. The first-order chi connectivity index (χ1) is 17.9. The molecule has 13 nitrogen and oxygen atoms in total. The van der Waals surface area contributed by atoms with E-state index in [0.717, 1.165) is 12.3 Å². The average molecular weight is 539 g/mol. The molecule has 2 heterocycles. The van der Waals surface area contributed by atoms with Crippen molar-refractivity contribution < 1.29 is 64.3 Å². The van der Waals surface area contributed by atoms with E-state index >= 15 is 0 Å². The van der Waals surface area contributed by atoms with Crippen molar-refractivity contribution in [3.8, 4) is 5.75 Å². The Morgan fingerprint density at radius 3 is 2.42 bits per heavy atom. The largest absolute Gasteiger partial charge is 0.508 e. The molecule has 0 bridgehead atoms. The molecule has 38 heavy (non-hydrogen) atoms. The van der Waals surface area contributed by atoms with Gasteiger partial charge in [-0.25, -0.2) is 4.79 Å². The summed E-state index contributed by atoms with van der Waals surface area (Å²) in [6.45, 7) is 0.532. The first kappa shape index (κ1) is 28.1. The van der Waals surface area contributed by atoms with Gasteiger partial charge in [-0.05, 0) is 30.7 Å². The third kappa shape index (κ3) is 5.07. The number of rotatable bonds is 7. The first-order valence-electron chi connectivity index (χ1n) is 11.8. The van der Waals surface area contributed by atoms with Crippen LogP contribution in [-0.2, 0) is 28.5 Å². The third-order valence-electron chi connectivity index (χ3n) is 7.20. The maximum Gasteiger partial charge on any atom is 0.331 e. The van der Waals surface area contributed by atoms with Crippen LogP contribution in [0.4, 0.5) is 0 Å². The second kappa shape index (κ2) is 10.7. The molecule has 3 aliphatic rings. The van der Waals surface area contributed by atoms with Crippen molar-refractivity contribution in [3.05, 3.63) is 47.7 Å². The second-order valence-corrected chi connectivity index (χ2v) is 9.71. The van der Waals surface area contributed by atoms with Gasteiger partial charge in [-0.1, -0.05) is 12.1 Å². The summed E-state index contributed by atoms with van der Waals surface area (Å²) >= 11 is 0. The highest BCUT2D eigenvalue weighted by Crippen LogP contribution is 2.52. The monoisotopic (exact) mass is 538 g/mol. The molecule has 0 radical (unpaired) electrons. The number of aliphatic hydroxyl groups excluding tert-OH is 4. The van der Waals surface area contributed by atoms with Crippen molar-refractivity contribution in [3.63, 3.8) is 0 Å². The molecule has 7 N–H and O–H groups in total. The van der Waals surface area contributed by atoms with Crippen LogP contribution in [0, 0.1) is 5.92 Å². The summed E-state index contributed by atoms with van der Waals surface area (Å²) in [7, 11) is 0. The zero-order valence-corrected chi connectivity index (χ0v) is 20.2. The third-order valence-corrected chi connectivity index (χ3v) is 7.20. The van der Waals surface area contributed by atoms with Gasteiger partial charge in [0.25, 0.3) is 0 Å². The smallest absolute Gasteiger partial charge is 0.331 e. The number of hydrogen-bond acceptors (Lipinski definition) is 13. The van der Waals surface area contributed by atoms with E-state index in [1.807, 2.05) is 0 Å². The highest BCUT2D eigenvalue weighted by atomic mass is 16.8. The second-order valence-electron chi connectivity index (χ2n) is 9.71. The topological polar surface area (TPSA) is 213 Å². The van der Waals surface area contributed by atoms with Gasteiger partial charge in [0.1, 0.15) is 47.5 Å². The molecule has 2 fully saturated rings. The number of aldehydes is 1. The standard InChI is InChI=1S/C25H30O13/c1-24(33)16(37-17(29)7-4-12-2-5-14(28)6-3-12)8-25(34)13(9-26)11-35-23(21(24)25)38-22-20(32)19(31)18(30)15(10-27)36-22/h2-7,9,11,15-16,18-23,27-28,30-34H,8,10H2,1H3/b7-4+/t15-,16-,18-,19+,20-,21+,22-,23-,24-,25-/m0/s1. The summed E-state index contributed by atoms with van der Waals surface area (Å²) in [6.07, 6.45) is -7.78. The van der Waals surface area contributed by atoms with Crippen molar-refractivity contribution in [2.75, 3.05) is 6.61 Å². The Morgan fingerprint density at radius 1 is 1.11 bits per heavy atom. The van der Waals surface area contributed by atoms with Gasteiger partial charge in [0, 0.05) is 12.5 Å². The van der Waals surface area contributed by atoms with Crippen LogP contribution in [0.15, 0.2) is 42.2 Å². The Labute approximate surface area is 216 Å². The van der Waals surface area contributed by atoms with Gasteiger partial charge >= 0.3 is 5.97 Å². The van der Waals surface area contributed by atoms with Gasteiger partial charge in [0.05, 0.1) is 24.4 Å². The molecule has 0 unspecified atom stereocenters. The predicted molar refractivity (Wildman–Crippen MR) is 125 cm³/mol. The van der Waals surface area contributed by atoms with Gasteiger partial charge in [0.2, 0.25) is 6.29 Å². The van der Waals surface area contributed by atoms with Crippen LogP contribution in [0.25, 0.3) is 6.08 Å². The molecule has 1 saturated heterocycles. The van der Waals surface area contributed by atoms with E-state index in [1.54, 1.807) is 12.1 Å². The highest BCUT2D eigenvalue weighted by molar-refractivity contribution is 5.87. The molecular formula is C25H30O13. The van der Waals surface area contributed by atoms with Gasteiger partial charge in [-0.3, -0.25) is 4.79 Å². The number of phenols is 1. The summed E-state index contributed by atoms with van der Waals surface area (Å²) < 4.78 is 21.8. The van der Waals surface area contributed by atoms with Crippen molar-refractivity contribution in [1.29, 1.82) is 0 Å². The maximum atomic E-state index is 12.5. The number of esters is 1. The van der Waals surface area contributed by atoms with Crippen LogP contribution in [0.5, 0.6) is 5.75 Å². The van der Waals surface area contributed by atoms with E-state index in [9.17, 15) is 45.3 Å². The van der Waals surface area contributed by atoms with Crippen LogP contribution >= 0.6 is 0 Å². The fourth-order valence-corrected chi connectivity index (χ4v) is 5.06. The first-order valence-corrected chi connectivity index (χ1v) is 11.8.